The van der Waals surface area contributed by atoms with E-state index in [9.17, 15) is 4.79 Å². The summed E-state index contributed by atoms with van der Waals surface area (Å²) < 4.78 is 4.81. The van der Waals surface area contributed by atoms with Gasteiger partial charge in [-0.25, -0.2) is 0 Å². The van der Waals surface area contributed by atoms with Crippen LogP contribution in [0, 0.1) is 0 Å². The summed E-state index contributed by atoms with van der Waals surface area (Å²) in [4.78, 5) is 15.6. The third kappa shape index (κ3) is 1.54. The van der Waals surface area contributed by atoms with Gasteiger partial charge in [0.05, 0.1) is 16.8 Å². The van der Waals surface area contributed by atoms with Crippen LogP contribution in [0.5, 0.6) is 0 Å². The Hall–Kier alpha value is -1.61. The number of carbonyl (C=O) groups is 1. The number of pyridine rings is 1. The Morgan fingerprint density at radius 1 is 1.43 bits per heavy atom. The number of ketones is 1. The summed E-state index contributed by atoms with van der Waals surface area (Å²) in [5.41, 5.74) is 0.696. The quantitative estimate of drug-likeness (QED) is 0.711. The highest BCUT2D eigenvalue weighted by Gasteiger charge is 2.14. The Morgan fingerprint density at radius 2 is 2.29 bits per heavy atom. The fourth-order valence-corrected chi connectivity index (χ4v) is 1.29. The number of rotatable bonds is 2. The van der Waals surface area contributed by atoms with Crippen LogP contribution in [0.1, 0.15) is 16.1 Å². The predicted octanol–water partition coefficient (Wildman–Crippen LogP) is 2.56. The third-order valence-electron chi connectivity index (χ3n) is 1.76. The maximum absolute atomic E-state index is 11.7. The molecule has 3 nitrogen and oxygen atoms in total. The Morgan fingerprint density at radius 3 is 2.93 bits per heavy atom. The maximum atomic E-state index is 11.7. The van der Waals surface area contributed by atoms with Crippen molar-refractivity contribution < 1.29 is 9.21 Å². The van der Waals surface area contributed by atoms with Crippen LogP contribution in [0.3, 0.4) is 0 Å². The normalized spacial score (nSPS) is 10.1. The molecule has 0 radical (unpaired) electrons. The Kier molecular flexibility index (Phi) is 2.33. The number of furan rings is 1. The second kappa shape index (κ2) is 3.64. The first kappa shape index (κ1) is 8.97. The Balaban J connectivity index is 2.42. The van der Waals surface area contributed by atoms with E-state index >= 15 is 0 Å². The lowest BCUT2D eigenvalue weighted by Crippen LogP contribution is -2.03. The molecule has 0 bridgehead atoms. The molecule has 14 heavy (non-hydrogen) atoms. The van der Waals surface area contributed by atoms with Gasteiger partial charge in [0, 0.05) is 6.20 Å². The topological polar surface area (TPSA) is 43.1 Å². The van der Waals surface area contributed by atoms with E-state index in [0.29, 0.717) is 10.6 Å². The van der Waals surface area contributed by atoms with Gasteiger partial charge in [-0.15, -0.1) is 0 Å². The molecule has 0 aliphatic carbocycles. The molecular formula is C10H6ClNO2. The van der Waals surface area contributed by atoms with Crippen molar-refractivity contribution in [2.75, 3.05) is 0 Å². The van der Waals surface area contributed by atoms with Crippen molar-refractivity contribution >= 4 is 17.4 Å². The smallest absolute Gasteiger partial charge is 0.216 e. The van der Waals surface area contributed by atoms with E-state index in [1.807, 2.05) is 0 Å². The lowest BCUT2D eigenvalue weighted by atomic mass is 10.1. The van der Waals surface area contributed by atoms with Crippen molar-refractivity contribution in [2.24, 2.45) is 0 Å². The molecule has 2 aromatic heterocycles. The van der Waals surface area contributed by atoms with E-state index in [1.54, 1.807) is 18.2 Å². The summed E-state index contributed by atoms with van der Waals surface area (Å²) in [6.45, 7) is 0. The van der Waals surface area contributed by atoms with Crippen molar-refractivity contribution in [3.8, 4) is 0 Å². The molecule has 0 fully saturated rings. The zero-order valence-electron chi connectivity index (χ0n) is 7.11. The molecule has 0 saturated carbocycles. The van der Waals surface area contributed by atoms with Gasteiger partial charge in [0.1, 0.15) is 12.0 Å². The number of nitrogens with zero attached hydrogens (tertiary/aromatic N) is 1. The lowest BCUT2D eigenvalue weighted by Gasteiger charge is -1.98. The highest BCUT2D eigenvalue weighted by molar-refractivity contribution is 6.34. The summed E-state index contributed by atoms with van der Waals surface area (Å²) in [5.74, 6) is -0.232. The zero-order chi connectivity index (χ0) is 9.97. The first-order valence-electron chi connectivity index (χ1n) is 3.96. The summed E-state index contributed by atoms with van der Waals surface area (Å²) in [5, 5.41) is 0.346. The van der Waals surface area contributed by atoms with E-state index in [-0.39, 0.29) is 11.5 Å². The third-order valence-corrected chi connectivity index (χ3v) is 2.06. The standard InChI is InChI=1S/C10H6ClNO2/c11-8-2-1-4-12-9(8)10(13)7-3-5-14-6-7/h1-6H. The van der Waals surface area contributed by atoms with E-state index in [1.165, 1.54) is 18.7 Å². The Labute approximate surface area is 85.3 Å². The molecule has 0 aliphatic heterocycles. The molecule has 4 heteroatoms. The minimum atomic E-state index is -0.232. The Bertz CT molecular complexity index is 451. The van der Waals surface area contributed by atoms with Gasteiger partial charge in [0.25, 0.3) is 0 Å². The lowest BCUT2D eigenvalue weighted by molar-refractivity contribution is 0.103. The minimum Gasteiger partial charge on any atom is -0.472 e. The molecule has 0 saturated heterocycles. The van der Waals surface area contributed by atoms with Crippen LogP contribution >= 0.6 is 11.6 Å². The molecule has 0 N–H and O–H groups in total. The number of hydrogen-bond donors (Lipinski definition) is 0. The van der Waals surface area contributed by atoms with Crippen molar-refractivity contribution in [3.05, 3.63) is 53.2 Å². The maximum Gasteiger partial charge on any atom is 0.216 e. The summed E-state index contributed by atoms with van der Waals surface area (Å²) >= 11 is 5.82. The van der Waals surface area contributed by atoms with Gasteiger partial charge in [0.2, 0.25) is 5.78 Å². The largest absolute Gasteiger partial charge is 0.472 e. The van der Waals surface area contributed by atoms with Gasteiger partial charge < -0.3 is 4.42 Å². The van der Waals surface area contributed by atoms with Crippen LogP contribution in [0.15, 0.2) is 41.3 Å². The molecule has 2 rings (SSSR count). The van der Waals surface area contributed by atoms with Crippen molar-refractivity contribution in [3.63, 3.8) is 0 Å². The second-order valence-electron chi connectivity index (χ2n) is 2.67. The molecule has 2 heterocycles. The van der Waals surface area contributed by atoms with Crippen molar-refractivity contribution in [1.82, 2.24) is 4.98 Å². The fourth-order valence-electron chi connectivity index (χ4n) is 1.08. The van der Waals surface area contributed by atoms with Crippen molar-refractivity contribution in [2.45, 2.75) is 0 Å². The van der Waals surface area contributed by atoms with Crippen molar-refractivity contribution in [1.29, 1.82) is 0 Å². The molecule has 0 unspecified atom stereocenters. The second-order valence-corrected chi connectivity index (χ2v) is 3.08. The molecule has 0 aliphatic rings. The minimum absolute atomic E-state index is 0.232. The van der Waals surface area contributed by atoms with E-state index < -0.39 is 0 Å². The fraction of sp³-hybridized carbons (Fsp3) is 0. The van der Waals surface area contributed by atoms with Crippen LogP contribution in [-0.4, -0.2) is 10.8 Å². The van der Waals surface area contributed by atoms with E-state index in [4.69, 9.17) is 16.0 Å². The van der Waals surface area contributed by atoms with Crippen LogP contribution < -0.4 is 0 Å². The number of halogens is 1. The molecule has 0 spiro atoms. The van der Waals surface area contributed by atoms with Gasteiger partial charge in [-0.1, -0.05) is 11.6 Å². The summed E-state index contributed by atoms with van der Waals surface area (Å²) in [7, 11) is 0. The van der Waals surface area contributed by atoms with Crippen LogP contribution in [0.4, 0.5) is 0 Å². The summed E-state index contributed by atoms with van der Waals surface area (Å²) in [6.07, 6.45) is 4.33. The van der Waals surface area contributed by atoms with Crippen LogP contribution in [0.25, 0.3) is 0 Å². The molecule has 70 valence electrons. The zero-order valence-corrected chi connectivity index (χ0v) is 7.86. The molecular weight excluding hydrogens is 202 g/mol. The van der Waals surface area contributed by atoms with Gasteiger partial charge in [-0.3, -0.25) is 9.78 Å². The highest BCUT2D eigenvalue weighted by Crippen LogP contribution is 2.16. The summed E-state index contributed by atoms with van der Waals surface area (Å²) in [6, 6.07) is 4.88. The predicted molar refractivity (Wildman–Crippen MR) is 51.4 cm³/mol. The van der Waals surface area contributed by atoms with Gasteiger partial charge in [0.15, 0.2) is 0 Å². The molecule has 0 atom stereocenters. The first-order chi connectivity index (χ1) is 6.79. The van der Waals surface area contributed by atoms with Gasteiger partial charge >= 0.3 is 0 Å². The SMILES string of the molecule is O=C(c1ccoc1)c1ncccc1Cl. The molecule has 0 aromatic carbocycles. The molecule has 2 aromatic rings. The van der Waals surface area contributed by atoms with Crippen LogP contribution in [-0.2, 0) is 0 Å². The van der Waals surface area contributed by atoms with Gasteiger partial charge in [-0.2, -0.15) is 0 Å². The number of aromatic nitrogens is 1. The average Bonchev–Trinajstić information content (AvgIpc) is 2.70. The molecule has 0 amide bonds. The first-order valence-corrected chi connectivity index (χ1v) is 4.34. The number of carbonyl (C=O) groups excluding carboxylic acids is 1. The van der Waals surface area contributed by atoms with Gasteiger partial charge in [-0.05, 0) is 18.2 Å². The van der Waals surface area contributed by atoms with E-state index in [0.717, 1.165) is 0 Å². The highest BCUT2D eigenvalue weighted by atomic mass is 35.5. The van der Waals surface area contributed by atoms with E-state index in [2.05, 4.69) is 4.98 Å². The number of hydrogen-bond acceptors (Lipinski definition) is 3. The average molecular weight is 208 g/mol. The monoisotopic (exact) mass is 207 g/mol. The van der Waals surface area contributed by atoms with Crippen LogP contribution in [0.2, 0.25) is 5.02 Å².